The van der Waals surface area contributed by atoms with Gasteiger partial charge in [0, 0.05) is 36.9 Å². The minimum absolute atomic E-state index is 0.00859. The van der Waals surface area contributed by atoms with E-state index >= 15 is 0 Å². The maximum Gasteiger partial charge on any atom is 0.408 e. The number of rotatable bonds is 4. The molecule has 38 heavy (non-hydrogen) atoms. The van der Waals surface area contributed by atoms with E-state index in [9.17, 15) is 22.8 Å². The molecule has 0 N–H and O–H groups in total. The Morgan fingerprint density at radius 3 is 2.63 bits per heavy atom. The molecule has 1 fully saturated rings. The molecule has 6 rings (SSSR count). The minimum atomic E-state index is -4.51. The molecule has 5 heterocycles. The molecule has 0 spiro atoms. The van der Waals surface area contributed by atoms with Gasteiger partial charge >= 0.3 is 11.9 Å². The van der Waals surface area contributed by atoms with Gasteiger partial charge in [0.15, 0.2) is 5.65 Å². The number of carbonyl (C=O) groups excluding carboxylic acids is 1. The van der Waals surface area contributed by atoms with Crippen LogP contribution in [0.25, 0.3) is 38.9 Å². The molecule has 0 radical (unpaired) electrons. The van der Waals surface area contributed by atoms with E-state index in [-0.39, 0.29) is 19.4 Å². The lowest BCUT2D eigenvalue weighted by Crippen LogP contribution is -2.46. The molecule has 1 aliphatic rings. The van der Waals surface area contributed by atoms with E-state index in [1.54, 1.807) is 47.5 Å². The van der Waals surface area contributed by atoms with Crippen LogP contribution in [-0.4, -0.2) is 58.5 Å². The Kier molecular flexibility index (Phi) is 5.55. The molecule has 0 unspecified atom stereocenters. The van der Waals surface area contributed by atoms with E-state index in [1.165, 1.54) is 15.3 Å². The maximum atomic E-state index is 13.5. The summed E-state index contributed by atoms with van der Waals surface area (Å²) in [7, 11) is 1.84. The molecule has 12 heteroatoms. The standard InChI is InChI=1S/C26H22F3N7O2/c1-33-21-14-30-12-18(19(21)13-32-33)16-6-8-17(9-7-16)36-24-20(4-2-10-31-24)35(25(36)38)15-23(37)34-11-3-5-22(34)26(27,28)29/h2,4,6-10,12-14,22H,3,5,11,15H2,1H3/t22-/m0/s1. The summed E-state index contributed by atoms with van der Waals surface area (Å²) in [5.41, 5.74) is 3.25. The minimum Gasteiger partial charge on any atom is -0.329 e. The van der Waals surface area contributed by atoms with Gasteiger partial charge in [0.25, 0.3) is 0 Å². The van der Waals surface area contributed by atoms with Crippen LogP contribution in [-0.2, 0) is 18.4 Å². The van der Waals surface area contributed by atoms with Crippen LogP contribution >= 0.6 is 0 Å². The van der Waals surface area contributed by atoms with Crippen LogP contribution in [0.3, 0.4) is 0 Å². The number of amides is 1. The quantitative estimate of drug-likeness (QED) is 0.360. The molecule has 0 bridgehead atoms. The molecule has 0 aliphatic carbocycles. The third-order valence-electron chi connectivity index (χ3n) is 7.05. The maximum absolute atomic E-state index is 13.5. The summed E-state index contributed by atoms with van der Waals surface area (Å²) in [5, 5.41) is 5.23. The second-order valence-electron chi connectivity index (χ2n) is 9.27. The molecule has 5 aromatic rings. The second kappa shape index (κ2) is 8.82. The van der Waals surface area contributed by atoms with E-state index in [0.717, 1.165) is 26.9 Å². The van der Waals surface area contributed by atoms with Gasteiger partial charge in [-0.1, -0.05) is 12.1 Å². The third-order valence-corrected chi connectivity index (χ3v) is 7.05. The predicted molar refractivity (Wildman–Crippen MR) is 134 cm³/mol. The molecule has 1 saturated heterocycles. The number of likely N-dealkylation sites (tertiary alicyclic amines) is 1. The first-order valence-corrected chi connectivity index (χ1v) is 12.0. The average molecular weight is 522 g/mol. The number of aryl methyl sites for hydroxylation is 1. The van der Waals surface area contributed by atoms with Crippen molar-refractivity contribution in [1.82, 2.24) is 33.8 Å². The Labute approximate surface area is 213 Å². The predicted octanol–water partition coefficient (Wildman–Crippen LogP) is 3.69. The summed E-state index contributed by atoms with van der Waals surface area (Å²) >= 11 is 0. The number of pyridine rings is 2. The lowest BCUT2D eigenvalue weighted by Gasteiger charge is -2.26. The summed E-state index contributed by atoms with van der Waals surface area (Å²) < 4.78 is 44.6. The number of carbonyl (C=O) groups is 1. The van der Waals surface area contributed by atoms with Crippen LogP contribution in [0.15, 0.2) is 66.0 Å². The van der Waals surface area contributed by atoms with E-state index < -0.39 is 30.4 Å². The zero-order valence-corrected chi connectivity index (χ0v) is 20.3. The number of benzene rings is 1. The van der Waals surface area contributed by atoms with Gasteiger partial charge in [-0.15, -0.1) is 0 Å². The highest BCUT2D eigenvalue weighted by molar-refractivity contribution is 5.93. The third kappa shape index (κ3) is 3.83. The fraction of sp³-hybridized carbons (Fsp3) is 0.269. The number of hydrogen-bond acceptors (Lipinski definition) is 5. The van der Waals surface area contributed by atoms with Gasteiger partial charge in [0.05, 0.1) is 29.1 Å². The van der Waals surface area contributed by atoms with Crippen molar-refractivity contribution in [1.29, 1.82) is 0 Å². The first-order chi connectivity index (χ1) is 18.2. The second-order valence-corrected chi connectivity index (χ2v) is 9.27. The van der Waals surface area contributed by atoms with E-state index in [2.05, 4.69) is 15.1 Å². The monoisotopic (exact) mass is 521 g/mol. The Bertz CT molecular complexity index is 1730. The number of aromatic nitrogens is 6. The smallest absolute Gasteiger partial charge is 0.329 e. The molecule has 9 nitrogen and oxygen atoms in total. The van der Waals surface area contributed by atoms with Crippen molar-refractivity contribution in [3.8, 4) is 16.8 Å². The average Bonchev–Trinajstić information content (AvgIpc) is 3.61. The zero-order valence-electron chi connectivity index (χ0n) is 20.3. The Balaban J connectivity index is 1.37. The Morgan fingerprint density at radius 2 is 1.87 bits per heavy atom. The summed E-state index contributed by atoms with van der Waals surface area (Å²) in [4.78, 5) is 35.9. The SMILES string of the molecule is Cn1ncc2c(-c3ccc(-n4c(=O)n(CC(=O)N5CCC[C@H]5C(F)(F)F)c5cccnc54)cc3)cncc21. The Hall–Kier alpha value is -4.48. The molecule has 1 atom stereocenters. The molecule has 0 saturated carbocycles. The van der Waals surface area contributed by atoms with Gasteiger partial charge < -0.3 is 4.90 Å². The highest BCUT2D eigenvalue weighted by atomic mass is 19.4. The summed E-state index contributed by atoms with van der Waals surface area (Å²) in [5.74, 6) is -0.748. The lowest BCUT2D eigenvalue weighted by molar-refractivity contribution is -0.182. The van der Waals surface area contributed by atoms with Crippen molar-refractivity contribution in [2.75, 3.05) is 6.54 Å². The first kappa shape index (κ1) is 23.9. The molecule has 194 valence electrons. The van der Waals surface area contributed by atoms with Crippen molar-refractivity contribution in [3.05, 3.63) is 71.7 Å². The van der Waals surface area contributed by atoms with Gasteiger partial charge in [-0.3, -0.25) is 19.0 Å². The highest BCUT2D eigenvalue weighted by Gasteiger charge is 2.47. The van der Waals surface area contributed by atoms with Crippen LogP contribution in [0, 0.1) is 0 Å². The molecule has 4 aromatic heterocycles. The fourth-order valence-corrected chi connectivity index (χ4v) is 5.18. The normalized spacial score (nSPS) is 16.1. The van der Waals surface area contributed by atoms with Crippen LogP contribution < -0.4 is 5.69 Å². The van der Waals surface area contributed by atoms with Crippen LogP contribution in [0.2, 0.25) is 0 Å². The summed E-state index contributed by atoms with van der Waals surface area (Å²) in [6.45, 7) is -0.498. The number of fused-ring (bicyclic) bond motifs is 2. The van der Waals surface area contributed by atoms with Crippen LogP contribution in [0.4, 0.5) is 13.2 Å². The topological polar surface area (TPSA) is 90.8 Å². The molecule has 1 aromatic carbocycles. The molecular formula is C26H22F3N7O2. The first-order valence-electron chi connectivity index (χ1n) is 12.0. The molecular weight excluding hydrogens is 499 g/mol. The van der Waals surface area contributed by atoms with Gasteiger partial charge in [-0.05, 0) is 42.7 Å². The van der Waals surface area contributed by atoms with Gasteiger partial charge in [0.1, 0.15) is 12.6 Å². The van der Waals surface area contributed by atoms with Crippen molar-refractivity contribution < 1.29 is 18.0 Å². The lowest BCUT2D eigenvalue weighted by atomic mass is 10.0. The number of hydrogen-bond donors (Lipinski definition) is 0. The van der Waals surface area contributed by atoms with E-state index in [4.69, 9.17) is 0 Å². The van der Waals surface area contributed by atoms with Gasteiger partial charge in [-0.2, -0.15) is 18.3 Å². The largest absolute Gasteiger partial charge is 0.408 e. The van der Waals surface area contributed by atoms with E-state index in [0.29, 0.717) is 16.9 Å². The fourth-order valence-electron chi connectivity index (χ4n) is 5.18. The zero-order chi connectivity index (χ0) is 26.6. The summed E-state index contributed by atoms with van der Waals surface area (Å²) in [6, 6.07) is 8.62. The van der Waals surface area contributed by atoms with E-state index in [1.807, 2.05) is 19.2 Å². The van der Waals surface area contributed by atoms with Crippen molar-refractivity contribution in [2.45, 2.75) is 31.6 Å². The Morgan fingerprint density at radius 1 is 1.08 bits per heavy atom. The highest BCUT2D eigenvalue weighted by Crippen LogP contribution is 2.33. The van der Waals surface area contributed by atoms with Crippen LogP contribution in [0.1, 0.15) is 12.8 Å². The number of alkyl halides is 3. The number of halogens is 3. The van der Waals surface area contributed by atoms with Gasteiger partial charge in [0.2, 0.25) is 5.91 Å². The number of nitrogens with zero attached hydrogens (tertiary/aromatic N) is 7. The molecule has 1 aliphatic heterocycles. The van der Waals surface area contributed by atoms with Crippen LogP contribution in [0.5, 0.6) is 0 Å². The van der Waals surface area contributed by atoms with Gasteiger partial charge in [-0.25, -0.2) is 14.3 Å². The molecule has 1 amide bonds. The van der Waals surface area contributed by atoms with Crippen molar-refractivity contribution in [3.63, 3.8) is 0 Å². The number of imidazole rings is 1. The summed E-state index contributed by atoms with van der Waals surface area (Å²) in [6.07, 6.45) is 2.39. The van der Waals surface area contributed by atoms with Crippen molar-refractivity contribution in [2.24, 2.45) is 7.05 Å². The van der Waals surface area contributed by atoms with Crippen molar-refractivity contribution >= 4 is 28.0 Å².